The van der Waals surface area contributed by atoms with Crippen molar-refractivity contribution in [2.45, 2.75) is 13.8 Å². The highest BCUT2D eigenvalue weighted by Crippen LogP contribution is 2.28. The van der Waals surface area contributed by atoms with Gasteiger partial charge in [-0.3, -0.25) is 0 Å². The maximum Gasteiger partial charge on any atom is 0.0175 e. The maximum atomic E-state index is 3.48. The molecule has 0 spiro atoms. The van der Waals surface area contributed by atoms with E-state index in [2.05, 4.69) is 94.2 Å². The van der Waals surface area contributed by atoms with Crippen LogP contribution < -0.4 is 0 Å². The number of halogens is 2. The summed E-state index contributed by atoms with van der Waals surface area (Å²) in [7, 11) is 0. The lowest BCUT2D eigenvalue weighted by Gasteiger charge is -2.11. The van der Waals surface area contributed by atoms with Crippen LogP contribution in [0.4, 0.5) is 0 Å². The van der Waals surface area contributed by atoms with Crippen molar-refractivity contribution in [1.29, 1.82) is 0 Å². The van der Waals surface area contributed by atoms with Crippen molar-refractivity contribution >= 4 is 37.4 Å². The molecule has 0 fully saturated rings. The fourth-order valence-corrected chi connectivity index (χ4v) is 2.51. The number of benzene rings is 2. The average molecular weight is 366 g/mol. The molecule has 0 atom stereocenters. The molecule has 0 bridgehead atoms. The molecule has 0 nitrogen and oxygen atoms in total. The number of hydrogen-bond donors (Lipinski definition) is 0. The third-order valence-electron chi connectivity index (χ3n) is 2.77. The predicted octanol–water partition coefficient (Wildman–Crippen LogP) is 6.05. The Hall–Kier alpha value is -0.860. The summed E-state index contributed by atoms with van der Waals surface area (Å²) < 4.78 is 2.21. The molecule has 0 heterocycles. The average Bonchev–Trinajstić information content (AvgIpc) is 2.34. The second kappa shape index (κ2) is 5.85. The van der Waals surface area contributed by atoms with Gasteiger partial charge < -0.3 is 0 Å². The van der Waals surface area contributed by atoms with Gasteiger partial charge in [-0.05, 0) is 54.8 Å². The van der Waals surface area contributed by atoms with Gasteiger partial charge in [-0.2, -0.15) is 0 Å². The Balaban J connectivity index is 2.51. The van der Waals surface area contributed by atoms with Crippen molar-refractivity contribution in [3.8, 4) is 0 Å². The van der Waals surface area contributed by atoms with Gasteiger partial charge in [0.15, 0.2) is 0 Å². The van der Waals surface area contributed by atoms with Crippen molar-refractivity contribution in [3.63, 3.8) is 0 Å². The van der Waals surface area contributed by atoms with E-state index >= 15 is 0 Å². The van der Waals surface area contributed by atoms with Crippen LogP contribution in [0.15, 0.2) is 63.0 Å². The summed E-state index contributed by atoms with van der Waals surface area (Å²) in [6.45, 7) is 4.30. The first kappa shape index (κ1) is 13.6. The monoisotopic (exact) mass is 364 g/mol. The minimum absolute atomic E-state index is 1.11. The van der Waals surface area contributed by atoms with Gasteiger partial charge in [0.05, 0.1) is 0 Å². The van der Waals surface area contributed by atoms with E-state index in [1.54, 1.807) is 0 Å². The van der Waals surface area contributed by atoms with E-state index in [0.717, 1.165) is 8.95 Å². The summed E-state index contributed by atoms with van der Waals surface area (Å²) in [5.41, 5.74) is 5.12. The molecule has 92 valence electrons. The van der Waals surface area contributed by atoms with Crippen LogP contribution in [0.3, 0.4) is 0 Å². The fraction of sp³-hybridized carbons (Fsp3) is 0.125. The zero-order chi connectivity index (χ0) is 13.1. The summed E-state index contributed by atoms with van der Waals surface area (Å²) in [6.07, 6.45) is 0. The Morgan fingerprint density at radius 3 is 1.28 bits per heavy atom. The standard InChI is InChI=1S/C16H14Br2/c1-11(2)16(12-3-7-14(17)8-4-12)13-5-9-15(18)10-6-13/h3-10H,1-2H3. The van der Waals surface area contributed by atoms with Crippen molar-refractivity contribution in [3.05, 3.63) is 74.2 Å². The lowest BCUT2D eigenvalue weighted by molar-refractivity contribution is 1.37. The molecule has 2 aromatic rings. The second-order valence-electron chi connectivity index (χ2n) is 4.39. The zero-order valence-corrected chi connectivity index (χ0v) is 13.5. The minimum atomic E-state index is 1.11. The van der Waals surface area contributed by atoms with Gasteiger partial charge in [-0.25, -0.2) is 0 Å². The normalized spacial score (nSPS) is 10.2. The first-order chi connectivity index (χ1) is 8.58. The first-order valence-corrected chi connectivity index (χ1v) is 7.36. The predicted molar refractivity (Wildman–Crippen MR) is 85.7 cm³/mol. The SMILES string of the molecule is CC(C)=C(c1ccc(Br)cc1)c1ccc(Br)cc1. The van der Waals surface area contributed by atoms with Gasteiger partial charge >= 0.3 is 0 Å². The molecule has 0 aliphatic carbocycles. The van der Waals surface area contributed by atoms with Crippen LogP contribution in [0.1, 0.15) is 25.0 Å². The second-order valence-corrected chi connectivity index (χ2v) is 6.22. The van der Waals surface area contributed by atoms with Gasteiger partial charge in [0.25, 0.3) is 0 Å². The Morgan fingerprint density at radius 1 is 0.667 bits per heavy atom. The third-order valence-corrected chi connectivity index (χ3v) is 3.82. The van der Waals surface area contributed by atoms with E-state index in [1.165, 1.54) is 22.3 Å². The highest BCUT2D eigenvalue weighted by molar-refractivity contribution is 9.10. The van der Waals surface area contributed by atoms with Crippen LogP contribution in [-0.2, 0) is 0 Å². The molecule has 0 aliphatic rings. The lowest BCUT2D eigenvalue weighted by Crippen LogP contribution is -1.90. The molecule has 0 radical (unpaired) electrons. The first-order valence-electron chi connectivity index (χ1n) is 5.77. The van der Waals surface area contributed by atoms with Crippen molar-refractivity contribution in [1.82, 2.24) is 0 Å². The van der Waals surface area contributed by atoms with Crippen LogP contribution in [0, 0.1) is 0 Å². The maximum absolute atomic E-state index is 3.48. The Bertz CT molecular complexity index is 512. The van der Waals surface area contributed by atoms with Crippen LogP contribution in [-0.4, -0.2) is 0 Å². The van der Waals surface area contributed by atoms with E-state index in [9.17, 15) is 0 Å². The third kappa shape index (κ3) is 3.12. The van der Waals surface area contributed by atoms with Crippen LogP contribution in [0.2, 0.25) is 0 Å². The fourth-order valence-electron chi connectivity index (χ4n) is 1.98. The molecule has 2 aromatic carbocycles. The van der Waals surface area contributed by atoms with Gasteiger partial charge in [0.2, 0.25) is 0 Å². The molecule has 0 amide bonds. The Kier molecular flexibility index (Phi) is 4.41. The lowest BCUT2D eigenvalue weighted by atomic mass is 9.94. The zero-order valence-electron chi connectivity index (χ0n) is 10.4. The molecular formula is C16H14Br2. The molecule has 0 aromatic heterocycles. The molecule has 0 N–H and O–H groups in total. The smallest absolute Gasteiger partial charge is 0.0175 e. The van der Waals surface area contributed by atoms with E-state index in [4.69, 9.17) is 0 Å². The summed E-state index contributed by atoms with van der Waals surface area (Å²) in [4.78, 5) is 0. The molecule has 2 heteroatoms. The number of hydrogen-bond acceptors (Lipinski definition) is 0. The van der Waals surface area contributed by atoms with Gasteiger partial charge in [-0.1, -0.05) is 61.7 Å². The quantitative estimate of drug-likeness (QED) is 0.607. The van der Waals surface area contributed by atoms with Crippen molar-refractivity contribution in [2.24, 2.45) is 0 Å². The summed E-state index contributed by atoms with van der Waals surface area (Å²) in [5, 5.41) is 0. The highest BCUT2D eigenvalue weighted by Gasteiger charge is 2.06. The molecule has 0 aliphatic heterocycles. The molecular weight excluding hydrogens is 352 g/mol. The van der Waals surface area contributed by atoms with E-state index in [-0.39, 0.29) is 0 Å². The van der Waals surface area contributed by atoms with Crippen molar-refractivity contribution < 1.29 is 0 Å². The van der Waals surface area contributed by atoms with Gasteiger partial charge in [0, 0.05) is 8.95 Å². The number of rotatable bonds is 2. The number of allylic oxidation sites excluding steroid dienone is 1. The van der Waals surface area contributed by atoms with Crippen molar-refractivity contribution in [2.75, 3.05) is 0 Å². The summed E-state index contributed by atoms with van der Waals surface area (Å²) in [6, 6.07) is 16.9. The van der Waals surface area contributed by atoms with E-state index in [1.807, 2.05) is 0 Å². The Morgan fingerprint density at radius 2 is 1.00 bits per heavy atom. The minimum Gasteiger partial charge on any atom is -0.0680 e. The van der Waals surface area contributed by atoms with Crippen LogP contribution >= 0.6 is 31.9 Å². The highest BCUT2D eigenvalue weighted by atomic mass is 79.9. The molecule has 18 heavy (non-hydrogen) atoms. The Labute approximate surface area is 125 Å². The van der Waals surface area contributed by atoms with E-state index < -0.39 is 0 Å². The molecule has 0 unspecified atom stereocenters. The van der Waals surface area contributed by atoms with Gasteiger partial charge in [-0.15, -0.1) is 0 Å². The molecule has 2 rings (SSSR count). The molecule has 0 saturated carbocycles. The van der Waals surface area contributed by atoms with Crippen LogP contribution in [0.5, 0.6) is 0 Å². The summed E-state index contributed by atoms with van der Waals surface area (Å²) in [5.74, 6) is 0. The topological polar surface area (TPSA) is 0 Å². The van der Waals surface area contributed by atoms with Gasteiger partial charge in [0.1, 0.15) is 0 Å². The summed E-state index contributed by atoms with van der Waals surface area (Å²) >= 11 is 6.95. The van der Waals surface area contributed by atoms with E-state index in [0.29, 0.717) is 0 Å². The van der Waals surface area contributed by atoms with Crippen LogP contribution in [0.25, 0.3) is 5.57 Å². The molecule has 0 saturated heterocycles. The largest absolute Gasteiger partial charge is 0.0680 e.